The molecule has 1 N–H and O–H groups in total. The number of sulfonamides is 1. The van der Waals surface area contributed by atoms with Gasteiger partial charge in [-0.05, 0) is 24.8 Å². The summed E-state index contributed by atoms with van der Waals surface area (Å²) in [5, 5.41) is 10.5. The van der Waals surface area contributed by atoms with E-state index in [-0.39, 0.29) is 17.2 Å². The topological polar surface area (TPSA) is 92.3 Å². The van der Waals surface area contributed by atoms with E-state index in [1.54, 1.807) is 6.92 Å². The van der Waals surface area contributed by atoms with Crippen LogP contribution in [0.15, 0.2) is 28.6 Å². The number of carbonyl (C=O) groups excluding carboxylic acids is 1. The van der Waals surface area contributed by atoms with Crippen LogP contribution < -0.4 is 9.62 Å². The summed E-state index contributed by atoms with van der Waals surface area (Å²) in [5.41, 5.74) is -0.172. The molecule has 1 amide bonds. The van der Waals surface area contributed by atoms with Crippen LogP contribution in [0.2, 0.25) is 0 Å². The quantitative estimate of drug-likeness (QED) is 0.563. The second kappa shape index (κ2) is 8.11. The molecule has 0 aliphatic rings. The number of thioether (sulfide) groups is 1. The Morgan fingerprint density at radius 3 is 2.60 bits per heavy atom. The normalized spacial score (nSPS) is 12.6. The summed E-state index contributed by atoms with van der Waals surface area (Å²) in [6.07, 6.45) is 2.91. The van der Waals surface area contributed by atoms with Gasteiger partial charge in [0.2, 0.25) is 21.1 Å². The van der Waals surface area contributed by atoms with Gasteiger partial charge in [-0.2, -0.15) is 0 Å². The van der Waals surface area contributed by atoms with Gasteiger partial charge in [0.25, 0.3) is 0 Å². The van der Waals surface area contributed by atoms with Crippen molar-refractivity contribution in [2.24, 2.45) is 0 Å². The second-order valence-corrected chi connectivity index (χ2v) is 8.89. The van der Waals surface area contributed by atoms with Crippen LogP contribution in [0.4, 0.5) is 15.2 Å². The third kappa shape index (κ3) is 4.67. The fourth-order valence-electron chi connectivity index (χ4n) is 2.20. The van der Waals surface area contributed by atoms with Gasteiger partial charge in [0.1, 0.15) is 11.9 Å². The lowest BCUT2D eigenvalue weighted by Crippen LogP contribution is -2.47. The van der Waals surface area contributed by atoms with Gasteiger partial charge in [-0.3, -0.25) is 14.4 Å². The van der Waals surface area contributed by atoms with Crippen LogP contribution in [-0.2, 0) is 14.8 Å². The summed E-state index contributed by atoms with van der Waals surface area (Å²) >= 11 is 2.55. The Balaban J connectivity index is 2.36. The van der Waals surface area contributed by atoms with Crippen molar-refractivity contribution in [2.45, 2.75) is 23.7 Å². The molecular weight excluding hydrogens is 387 g/mol. The van der Waals surface area contributed by atoms with E-state index in [0.29, 0.717) is 4.34 Å². The number of hydrogen-bond acceptors (Lipinski definition) is 7. The molecule has 0 aliphatic heterocycles. The number of nitrogens with zero attached hydrogens (tertiary/aromatic N) is 3. The Bertz CT molecular complexity index is 857. The maximum absolute atomic E-state index is 14.1. The molecular formula is C14H17FN4O3S3. The monoisotopic (exact) mass is 404 g/mol. The van der Waals surface area contributed by atoms with Gasteiger partial charge >= 0.3 is 0 Å². The highest BCUT2D eigenvalue weighted by Crippen LogP contribution is 2.27. The maximum atomic E-state index is 14.1. The fraction of sp³-hybridized carbons (Fsp3) is 0.357. The summed E-state index contributed by atoms with van der Waals surface area (Å²) in [6, 6.07) is 4.31. The Labute approximate surface area is 153 Å². The molecule has 0 unspecified atom stereocenters. The van der Waals surface area contributed by atoms with E-state index in [1.807, 2.05) is 6.26 Å². The van der Waals surface area contributed by atoms with E-state index in [0.717, 1.165) is 16.6 Å². The first-order chi connectivity index (χ1) is 11.8. The van der Waals surface area contributed by atoms with Gasteiger partial charge < -0.3 is 0 Å². The molecule has 1 aromatic carbocycles. The minimum atomic E-state index is -3.89. The number of hydrogen-bond donors (Lipinski definition) is 1. The van der Waals surface area contributed by atoms with Gasteiger partial charge in [-0.15, -0.1) is 10.2 Å². The predicted octanol–water partition coefficient (Wildman–Crippen LogP) is 2.58. The molecule has 0 spiro atoms. The Hall–Kier alpha value is -1.72. The van der Waals surface area contributed by atoms with Gasteiger partial charge in [-0.25, -0.2) is 12.8 Å². The van der Waals surface area contributed by atoms with E-state index >= 15 is 0 Å². The van der Waals surface area contributed by atoms with Gasteiger partial charge in [0, 0.05) is 0 Å². The lowest BCUT2D eigenvalue weighted by molar-refractivity contribution is -0.117. The lowest BCUT2D eigenvalue weighted by atomic mass is 10.2. The molecule has 0 saturated heterocycles. The molecule has 1 atom stereocenters. The smallest absolute Gasteiger partial charge is 0.250 e. The van der Waals surface area contributed by atoms with Crippen molar-refractivity contribution in [3.63, 3.8) is 0 Å². The van der Waals surface area contributed by atoms with Crippen LogP contribution >= 0.6 is 23.1 Å². The van der Waals surface area contributed by atoms with Crippen LogP contribution in [0.5, 0.6) is 0 Å². The zero-order valence-electron chi connectivity index (χ0n) is 13.8. The first-order valence-electron chi connectivity index (χ1n) is 7.20. The van der Waals surface area contributed by atoms with Crippen LogP contribution in [0.25, 0.3) is 0 Å². The average Bonchev–Trinajstić information content (AvgIpc) is 3.00. The molecule has 1 aromatic heterocycles. The van der Waals surface area contributed by atoms with E-state index in [4.69, 9.17) is 0 Å². The molecule has 0 aliphatic carbocycles. The SMILES string of the molecule is CC[C@H](C(=O)Nc1nnc(SC)s1)N(c1ccccc1F)S(C)(=O)=O. The second-order valence-electron chi connectivity index (χ2n) is 5.00. The molecule has 0 fully saturated rings. The molecule has 7 nitrogen and oxygen atoms in total. The van der Waals surface area contributed by atoms with Crippen molar-refractivity contribution in [2.75, 3.05) is 22.1 Å². The number of rotatable bonds is 7. The van der Waals surface area contributed by atoms with E-state index < -0.39 is 27.8 Å². The maximum Gasteiger partial charge on any atom is 0.250 e. The Morgan fingerprint density at radius 1 is 1.40 bits per heavy atom. The highest BCUT2D eigenvalue weighted by molar-refractivity contribution is 8.00. The van der Waals surface area contributed by atoms with Crippen molar-refractivity contribution in [3.8, 4) is 0 Å². The van der Waals surface area contributed by atoms with E-state index in [2.05, 4.69) is 15.5 Å². The van der Waals surface area contributed by atoms with Crippen LogP contribution in [-0.4, -0.2) is 43.1 Å². The third-order valence-electron chi connectivity index (χ3n) is 3.23. The average molecular weight is 405 g/mol. The van der Waals surface area contributed by atoms with E-state index in [9.17, 15) is 17.6 Å². The number of amides is 1. The highest BCUT2D eigenvalue weighted by Gasteiger charge is 2.33. The largest absolute Gasteiger partial charge is 0.299 e. The van der Waals surface area contributed by atoms with Crippen molar-refractivity contribution in [1.82, 2.24) is 10.2 Å². The summed E-state index contributed by atoms with van der Waals surface area (Å²) in [5.74, 6) is -1.32. The van der Waals surface area contributed by atoms with Crippen LogP contribution in [0.1, 0.15) is 13.3 Å². The van der Waals surface area contributed by atoms with Crippen molar-refractivity contribution >= 4 is 49.8 Å². The van der Waals surface area contributed by atoms with E-state index in [1.165, 1.54) is 41.3 Å². The molecule has 136 valence electrons. The van der Waals surface area contributed by atoms with Crippen LogP contribution in [0, 0.1) is 5.82 Å². The third-order valence-corrected chi connectivity index (χ3v) is 6.21. The fourth-order valence-corrected chi connectivity index (χ4v) is 4.58. The van der Waals surface area contributed by atoms with Crippen molar-refractivity contribution in [1.29, 1.82) is 0 Å². The first-order valence-corrected chi connectivity index (χ1v) is 11.1. The molecule has 25 heavy (non-hydrogen) atoms. The van der Waals surface area contributed by atoms with Crippen LogP contribution in [0.3, 0.4) is 0 Å². The van der Waals surface area contributed by atoms with Gasteiger partial charge in [0.15, 0.2) is 4.34 Å². The van der Waals surface area contributed by atoms with Crippen molar-refractivity contribution < 1.29 is 17.6 Å². The molecule has 2 rings (SSSR count). The number of para-hydroxylation sites is 1. The van der Waals surface area contributed by atoms with Gasteiger partial charge in [-0.1, -0.05) is 42.2 Å². The lowest BCUT2D eigenvalue weighted by Gasteiger charge is -2.29. The first kappa shape index (κ1) is 19.6. The molecule has 11 heteroatoms. The van der Waals surface area contributed by atoms with Gasteiger partial charge in [0.05, 0.1) is 11.9 Å². The molecule has 0 radical (unpaired) electrons. The summed E-state index contributed by atoms with van der Waals surface area (Å²) in [6.45, 7) is 1.65. The minimum absolute atomic E-state index is 0.154. The minimum Gasteiger partial charge on any atom is -0.299 e. The molecule has 1 heterocycles. The molecule has 2 aromatic rings. The number of anilines is 2. The summed E-state index contributed by atoms with van der Waals surface area (Å²) < 4.78 is 40.1. The number of carbonyl (C=O) groups is 1. The Morgan fingerprint density at radius 2 is 2.08 bits per heavy atom. The predicted molar refractivity (Wildman–Crippen MR) is 98.1 cm³/mol. The zero-order valence-corrected chi connectivity index (χ0v) is 16.2. The highest BCUT2D eigenvalue weighted by atomic mass is 32.2. The Kier molecular flexibility index (Phi) is 6.36. The van der Waals surface area contributed by atoms with Crippen molar-refractivity contribution in [3.05, 3.63) is 30.1 Å². The zero-order chi connectivity index (χ0) is 18.6. The molecule has 0 saturated carbocycles. The molecule has 0 bridgehead atoms. The number of nitrogens with one attached hydrogen (secondary N) is 1. The number of halogens is 1. The number of aromatic nitrogens is 2. The standard InChI is InChI=1S/C14H17FN4O3S3/c1-4-10(12(20)16-13-17-18-14(23-2)24-13)19(25(3,21)22)11-8-6-5-7-9(11)15/h5-8,10H,4H2,1-3H3,(H,16,17,20)/t10-/m1/s1. The summed E-state index contributed by atoms with van der Waals surface area (Å²) in [4.78, 5) is 12.6. The number of benzene rings is 1. The summed E-state index contributed by atoms with van der Waals surface area (Å²) in [7, 11) is -3.89.